The van der Waals surface area contributed by atoms with Crippen molar-refractivity contribution in [2.24, 2.45) is 0 Å². The van der Waals surface area contributed by atoms with Gasteiger partial charge in [0.05, 0.1) is 4.47 Å². The maximum absolute atomic E-state index is 13.5. The number of hydrogen-bond donors (Lipinski definition) is 2. The number of carbonyl (C=O) groups is 1. The third-order valence-electron chi connectivity index (χ3n) is 2.30. The van der Waals surface area contributed by atoms with Gasteiger partial charge in [-0.3, -0.25) is 0 Å². The van der Waals surface area contributed by atoms with Gasteiger partial charge in [-0.25, -0.2) is 13.6 Å². The molecule has 1 unspecified atom stereocenters. The second kappa shape index (κ2) is 3.44. The highest BCUT2D eigenvalue weighted by molar-refractivity contribution is 9.10. The molecule has 0 amide bonds. The minimum Gasteiger partial charge on any atom is -0.480 e. The summed E-state index contributed by atoms with van der Waals surface area (Å²) in [5, 5.41) is 11.3. The van der Waals surface area contributed by atoms with E-state index in [0.717, 1.165) is 6.07 Å². The molecule has 1 aliphatic rings. The van der Waals surface area contributed by atoms with Crippen molar-refractivity contribution in [2.75, 3.05) is 5.32 Å². The lowest BCUT2D eigenvalue weighted by Gasteiger charge is -2.04. The molecule has 0 spiro atoms. The molecule has 80 valence electrons. The molecule has 0 aliphatic carbocycles. The predicted molar refractivity (Wildman–Crippen MR) is 52.8 cm³/mol. The van der Waals surface area contributed by atoms with E-state index in [9.17, 15) is 13.6 Å². The minimum atomic E-state index is -1.08. The molecule has 0 saturated heterocycles. The Morgan fingerprint density at radius 1 is 1.60 bits per heavy atom. The summed E-state index contributed by atoms with van der Waals surface area (Å²) in [5.41, 5.74) is 0.413. The smallest absolute Gasteiger partial charge is 0.326 e. The Labute approximate surface area is 92.2 Å². The van der Waals surface area contributed by atoms with Crippen LogP contribution in [0.25, 0.3) is 0 Å². The second-order valence-corrected chi connectivity index (χ2v) is 4.04. The van der Waals surface area contributed by atoms with E-state index in [0.29, 0.717) is 0 Å². The van der Waals surface area contributed by atoms with Crippen molar-refractivity contribution < 1.29 is 18.7 Å². The molecule has 15 heavy (non-hydrogen) atoms. The van der Waals surface area contributed by atoms with E-state index in [1.165, 1.54) is 0 Å². The summed E-state index contributed by atoms with van der Waals surface area (Å²) in [6.45, 7) is 0. The highest BCUT2D eigenvalue weighted by Gasteiger charge is 2.30. The molecule has 2 N–H and O–H groups in total. The van der Waals surface area contributed by atoms with Crippen molar-refractivity contribution in [2.45, 2.75) is 12.5 Å². The van der Waals surface area contributed by atoms with Crippen LogP contribution in [0.1, 0.15) is 5.56 Å². The van der Waals surface area contributed by atoms with Crippen LogP contribution in [-0.4, -0.2) is 17.1 Å². The van der Waals surface area contributed by atoms with Gasteiger partial charge in [-0.1, -0.05) is 0 Å². The Morgan fingerprint density at radius 3 is 2.87 bits per heavy atom. The highest BCUT2D eigenvalue weighted by atomic mass is 79.9. The van der Waals surface area contributed by atoms with Crippen molar-refractivity contribution in [3.8, 4) is 0 Å². The van der Waals surface area contributed by atoms with Gasteiger partial charge in [-0.05, 0) is 22.0 Å². The lowest BCUT2D eigenvalue weighted by molar-refractivity contribution is -0.137. The SMILES string of the molecule is O=C(O)C1Cc2c(cc(F)c(Br)c2F)N1. The van der Waals surface area contributed by atoms with Crippen molar-refractivity contribution >= 4 is 27.6 Å². The normalized spacial score (nSPS) is 18.5. The molecular weight excluding hydrogens is 272 g/mol. The van der Waals surface area contributed by atoms with Crippen LogP contribution in [0.15, 0.2) is 10.5 Å². The summed E-state index contributed by atoms with van der Waals surface area (Å²) < 4.78 is 26.3. The molecule has 0 aromatic heterocycles. The maximum atomic E-state index is 13.5. The molecular formula is C9H6BrF2NO2. The first-order valence-electron chi connectivity index (χ1n) is 4.16. The van der Waals surface area contributed by atoms with Gasteiger partial charge in [-0.15, -0.1) is 0 Å². The van der Waals surface area contributed by atoms with E-state index in [4.69, 9.17) is 5.11 Å². The summed E-state index contributed by atoms with van der Waals surface area (Å²) in [4.78, 5) is 10.7. The molecule has 2 rings (SSSR count). The van der Waals surface area contributed by atoms with Gasteiger partial charge in [0.1, 0.15) is 17.7 Å². The number of anilines is 1. The van der Waals surface area contributed by atoms with Gasteiger partial charge in [-0.2, -0.15) is 0 Å². The number of fused-ring (bicyclic) bond motifs is 1. The Morgan fingerprint density at radius 2 is 2.27 bits per heavy atom. The number of benzene rings is 1. The van der Waals surface area contributed by atoms with Gasteiger partial charge in [0.15, 0.2) is 0 Å². The van der Waals surface area contributed by atoms with Crippen LogP contribution in [0.3, 0.4) is 0 Å². The zero-order valence-electron chi connectivity index (χ0n) is 7.35. The Kier molecular flexibility index (Phi) is 2.38. The zero-order chi connectivity index (χ0) is 11.2. The molecule has 1 aliphatic heterocycles. The number of nitrogens with one attached hydrogen (secondary N) is 1. The molecule has 0 saturated carbocycles. The van der Waals surface area contributed by atoms with Gasteiger partial charge in [0.2, 0.25) is 0 Å². The average molecular weight is 278 g/mol. The summed E-state index contributed by atoms with van der Waals surface area (Å²) in [5.74, 6) is -2.56. The van der Waals surface area contributed by atoms with Crippen LogP contribution in [0.2, 0.25) is 0 Å². The van der Waals surface area contributed by atoms with Crippen LogP contribution in [0.4, 0.5) is 14.5 Å². The fourth-order valence-corrected chi connectivity index (χ4v) is 1.91. The van der Waals surface area contributed by atoms with Gasteiger partial charge in [0.25, 0.3) is 0 Å². The number of rotatable bonds is 1. The number of hydrogen-bond acceptors (Lipinski definition) is 2. The summed E-state index contributed by atoms with van der Waals surface area (Å²) in [6.07, 6.45) is 0.0232. The first-order chi connectivity index (χ1) is 7.00. The van der Waals surface area contributed by atoms with E-state index >= 15 is 0 Å². The fourth-order valence-electron chi connectivity index (χ4n) is 1.55. The van der Waals surface area contributed by atoms with Gasteiger partial charge < -0.3 is 10.4 Å². The number of halogens is 3. The van der Waals surface area contributed by atoms with Crippen LogP contribution < -0.4 is 5.32 Å². The molecule has 1 atom stereocenters. The molecule has 3 nitrogen and oxygen atoms in total. The molecule has 0 bridgehead atoms. The Balaban J connectivity index is 2.47. The predicted octanol–water partition coefficient (Wildman–Crippen LogP) is 2.15. The highest BCUT2D eigenvalue weighted by Crippen LogP contribution is 2.34. The van der Waals surface area contributed by atoms with E-state index < -0.39 is 23.6 Å². The van der Waals surface area contributed by atoms with E-state index in [-0.39, 0.29) is 22.1 Å². The third kappa shape index (κ3) is 1.58. The van der Waals surface area contributed by atoms with Crippen LogP contribution in [-0.2, 0) is 11.2 Å². The largest absolute Gasteiger partial charge is 0.480 e. The first kappa shape index (κ1) is 10.4. The Hall–Kier alpha value is -1.17. The van der Waals surface area contributed by atoms with Crippen LogP contribution in [0.5, 0.6) is 0 Å². The molecule has 1 aromatic carbocycles. The fraction of sp³-hybridized carbons (Fsp3) is 0.222. The molecule has 1 heterocycles. The number of carboxylic acids is 1. The summed E-state index contributed by atoms with van der Waals surface area (Å²) in [7, 11) is 0. The quantitative estimate of drug-likeness (QED) is 0.774. The topological polar surface area (TPSA) is 49.3 Å². The van der Waals surface area contributed by atoms with E-state index in [1.54, 1.807) is 0 Å². The van der Waals surface area contributed by atoms with Crippen LogP contribution in [0, 0.1) is 11.6 Å². The first-order valence-corrected chi connectivity index (χ1v) is 4.95. The van der Waals surface area contributed by atoms with Crippen molar-refractivity contribution in [3.63, 3.8) is 0 Å². The monoisotopic (exact) mass is 277 g/mol. The van der Waals surface area contributed by atoms with E-state index in [1.807, 2.05) is 0 Å². The van der Waals surface area contributed by atoms with Crippen molar-refractivity contribution in [1.82, 2.24) is 0 Å². The van der Waals surface area contributed by atoms with Gasteiger partial charge in [0, 0.05) is 17.7 Å². The van der Waals surface area contributed by atoms with Crippen LogP contribution >= 0.6 is 15.9 Å². The maximum Gasteiger partial charge on any atom is 0.326 e. The minimum absolute atomic E-state index is 0.0232. The molecule has 0 radical (unpaired) electrons. The number of aliphatic carboxylic acids is 1. The lowest BCUT2D eigenvalue weighted by Crippen LogP contribution is -2.26. The van der Waals surface area contributed by atoms with Crippen molar-refractivity contribution in [3.05, 3.63) is 27.7 Å². The summed E-state index contributed by atoms with van der Waals surface area (Å²) >= 11 is 2.76. The van der Waals surface area contributed by atoms with Crippen molar-refractivity contribution in [1.29, 1.82) is 0 Å². The van der Waals surface area contributed by atoms with E-state index in [2.05, 4.69) is 21.2 Å². The standard InChI is InChI=1S/C9H6BrF2NO2/c10-7-4(11)2-5-3(8(7)12)1-6(13-5)9(14)15/h2,6,13H,1H2,(H,14,15). The zero-order valence-corrected chi connectivity index (χ0v) is 8.94. The molecule has 1 aromatic rings. The molecule has 6 heteroatoms. The molecule has 0 fully saturated rings. The summed E-state index contributed by atoms with van der Waals surface area (Å²) in [6, 6.07) is 0.203. The number of carboxylic acid groups (broad SMARTS) is 1. The average Bonchev–Trinajstić information content (AvgIpc) is 2.58. The Bertz CT molecular complexity index is 450. The lowest BCUT2D eigenvalue weighted by atomic mass is 10.1. The third-order valence-corrected chi connectivity index (χ3v) is 3.03. The van der Waals surface area contributed by atoms with Gasteiger partial charge >= 0.3 is 5.97 Å². The second-order valence-electron chi connectivity index (χ2n) is 3.25.